The first kappa shape index (κ1) is 8.87. The number of rotatable bonds is 2. The molecule has 0 saturated carbocycles. The van der Waals surface area contributed by atoms with E-state index in [1.165, 1.54) is 0 Å². The van der Waals surface area contributed by atoms with Crippen LogP contribution in [0.25, 0.3) is 0 Å². The van der Waals surface area contributed by atoms with E-state index in [1.807, 2.05) is 12.1 Å². The monoisotopic (exact) mass is 189 g/mol. The molecule has 4 heteroatoms. The number of aromatic nitrogens is 1. The van der Waals surface area contributed by atoms with E-state index in [2.05, 4.69) is 9.98 Å². The molecule has 1 amide bonds. The van der Waals surface area contributed by atoms with Crippen LogP contribution in [0.1, 0.15) is 5.56 Å². The smallest absolute Gasteiger partial charge is 0.269 e. The molecular weight excluding hydrogens is 178 g/mol. The van der Waals surface area contributed by atoms with E-state index < -0.39 is 0 Å². The average molecular weight is 189 g/mol. The fraction of sp³-hybridized carbons (Fsp3) is 0.300. The fourth-order valence-corrected chi connectivity index (χ4v) is 1.37. The molecule has 1 aliphatic rings. The van der Waals surface area contributed by atoms with Gasteiger partial charge >= 0.3 is 0 Å². The second-order valence-corrected chi connectivity index (χ2v) is 3.28. The highest BCUT2D eigenvalue weighted by Gasteiger charge is 2.21. The number of carbonyl (C=O) groups is 1. The number of amides is 1. The van der Waals surface area contributed by atoms with Crippen molar-refractivity contribution in [3.63, 3.8) is 0 Å². The number of hydrogen-bond donors (Lipinski definition) is 0. The van der Waals surface area contributed by atoms with Crippen LogP contribution in [-0.2, 0) is 11.2 Å². The Morgan fingerprint density at radius 1 is 1.43 bits per heavy atom. The minimum Gasteiger partial charge on any atom is -0.321 e. The van der Waals surface area contributed by atoms with Crippen LogP contribution in [0.4, 0.5) is 0 Å². The summed E-state index contributed by atoms with van der Waals surface area (Å²) in [5.41, 5.74) is 1.71. The topological polar surface area (TPSA) is 45.6 Å². The van der Waals surface area contributed by atoms with Gasteiger partial charge in [-0.15, -0.1) is 0 Å². The molecule has 0 unspecified atom stereocenters. The Bertz CT molecular complexity index is 372. The minimum absolute atomic E-state index is 0.0295. The lowest BCUT2D eigenvalue weighted by molar-refractivity contribution is -0.121. The number of nitrogens with zero attached hydrogens (tertiary/aromatic N) is 3. The van der Waals surface area contributed by atoms with Gasteiger partial charge in [0.25, 0.3) is 5.91 Å². The Balaban J connectivity index is 2.10. The van der Waals surface area contributed by atoms with Gasteiger partial charge in [0.1, 0.15) is 12.4 Å². The summed E-state index contributed by atoms with van der Waals surface area (Å²) in [5.74, 6) is 0.0295. The number of carbonyl (C=O) groups excluding carboxylic acids is 1. The van der Waals surface area contributed by atoms with Crippen LogP contribution < -0.4 is 0 Å². The van der Waals surface area contributed by atoms with Crippen LogP contribution in [0.3, 0.4) is 0 Å². The van der Waals surface area contributed by atoms with E-state index in [9.17, 15) is 4.79 Å². The molecule has 0 bridgehead atoms. The lowest BCUT2D eigenvalue weighted by atomic mass is 10.1. The van der Waals surface area contributed by atoms with E-state index in [0.717, 1.165) is 5.56 Å². The molecule has 0 fully saturated rings. The Morgan fingerprint density at radius 2 is 2.14 bits per heavy atom. The van der Waals surface area contributed by atoms with Gasteiger partial charge in [-0.2, -0.15) is 0 Å². The van der Waals surface area contributed by atoms with E-state index in [0.29, 0.717) is 18.8 Å². The highest BCUT2D eigenvalue weighted by molar-refractivity contribution is 6.40. The summed E-state index contributed by atoms with van der Waals surface area (Å²) in [7, 11) is 1.76. The third-order valence-electron chi connectivity index (χ3n) is 2.19. The van der Waals surface area contributed by atoms with E-state index in [-0.39, 0.29) is 5.91 Å². The summed E-state index contributed by atoms with van der Waals surface area (Å²) in [6, 6.07) is 3.79. The van der Waals surface area contributed by atoms with Crippen molar-refractivity contribution in [3.8, 4) is 0 Å². The summed E-state index contributed by atoms with van der Waals surface area (Å²) >= 11 is 0. The van der Waals surface area contributed by atoms with Gasteiger partial charge in [-0.05, 0) is 17.7 Å². The first-order valence-electron chi connectivity index (χ1n) is 4.45. The molecule has 0 aromatic carbocycles. The zero-order valence-electron chi connectivity index (χ0n) is 7.97. The van der Waals surface area contributed by atoms with Gasteiger partial charge < -0.3 is 4.90 Å². The van der Waals surface area contributed by atoms with E-state index >= 15 is 0 Å². The molecule has 1 aliphatic heterocycles. The molecule has 0 radical (unpaired) electrons. The highest BCUT2D eigenvalue weighted by Crippen LogP contribution is 2.06. The van der Waals surface area contributed by atoms with Crippen LogP contribution in [0.2, 0.25) is 0 Å². The molecule has 0 spiro atoms. The summed E-state index contributed by atoms with van der Waals surface area (Å²) in [6.07, 6.45) is 4.05. The van der Waals surface area contributed by atoms with Crippen LogP contribution in [0, 0.1) is 0 Å². The SMILES string of the molecule is CN1CN=C(Cc2ccncc2)C1=O. The van der Waals surface area contributed by atoms with Gasteiger partial charge in [0.2, 0.25) is 0 Å². The first-order valence-corrected chi connectivity index (χ1v) is 4.45. The zero-order chi connectivity index (χ0) is 9.97. The molecule has 72 valence electrons. The van der Waals surface area contributed by atoms with Crippen LogP contribution in [0.5, 0.6) is 0 Å². The Kier molecular flexibility index (Phi) is 2.26. The number of hydrogen-bond acceptors (Lipinski definition) is 3. The van der Waals surface area contributed by atoms with Crippen molar-refractivity contribution >= 4 is 11.6 Å². The molecule has 4 nitrogen and oxygen atoms in total. The summed E-state index contributed by atoms with van der Waals surface area (Å²) in [4.78, 5) is 21.2. The quantitative estimate of drug-likeness (QED) is 0.679. The molecule has 0 N–H and O–H groups in total. The largest absolute Gasteiger partial charge is 0.321 e. The Labute approximate surface area is 82.3 Å². The Hall–Kier alpha value is -1.71. The zero-order valence-corrected chi connectivity index (χ0v) is 7.97. The molecule has 0 aliphatic carbocycles. The predicted molar refractivity (Wildman–Crippen MR) is 53.0 cm³/mol. The normalized spacial score (nSPS) is 15.9. The lowest BCUT2D eigenvalue weighted by Gasteiger charge is -2.05. The standard InChI is InChI=1S/C10H11N3O/c1-13-7-12-9(10(13)14)6-8-2-4-11-5-3-8/h2-5H,6-7H2,1H3. The molecule has 1 aromatic rings. The van der Waals surface area contributed by atoms with Crippen molar-refractivity contribution in [1.82, 2.24) is 9.88 Å². The van der Waals surface area contributed by atoms with Gasteiger partial charge in [0.15, 0.2) is 0 Å². The summed E-state index contributed by atoms with van der Waals surface area (Å²) < 4.78 is 0. The van der Waals surface area contributed by atoms with Gasteiger partial charge in [0.05, 0.1) is 0 Å². The van der Waals surface area contributed by atoms with Crippen molar-refractivity contribution in [1.29, 1.82) is 0 Å². The maximum Gasteiger partial charge on any atom is 0.269 e. The van der Waals surface area contributed by atoms with Gasteiger partial charge in [-0.1, -0.05) is 0 Å². The van der Waals surface area contributed by atoms with Crippen LogP contribution in [0.15, 0.2) is 29.5 Å². The third-order valence-corrected chi connectivity index (χ3v) is 2.19. The van der Waals surface area contributed by atoms with Crippen LogP contribution in [-0.4, -0.2) is 35.2 Å². The van der Waals surface area contributed by atoms with E-state index in [4.69, 9.17) is 0 Å². The molecule has 14 heavy (non-hydrogen) atoms. The van der Waals surface area contributed by atoms with Crippen LogP contribution >= 0.6 is 0 Å². The second-order valence-electron chi connectivity index (χ2n) is 3.28. The van der Waals surface area contributed by atoms with E-state index in [1.54, 1.807) is 24.3 Å². The molecular formula is C10H11N3O. The molecule has 2 heterocycles. The average Bonchev–Trinajstić information content (AvgIpc) is 2.52. The number of pyridine rings is 1. The maximum atomic E-state index is 11.5. The molecule has 2 rings (SSSR count). The minimum atomic E-state index is 0.0295. The third kappa shape index (κ3) is 1.64. The van der Waals surface area contributed by atoms with Gasteiger partial charge in [-0.3, -0.25) is 14.8 Å². The van der Waals surface area contributed by atoms with Crippen molar-refractivity contribution in [2.45, 2.75) is 6.42 Å². The van der Waals surface area contributed by atoms with Crippen molar-refractivity contribution in [2.24, 2.45) is 4.99 Å². The van der Waals surface area contributed by atoms with Gasteiger partial charge in [-0.25, -0.2) is 0 Å². The Morgan fingerprint density at radius 3 is 2.71 bits per heavy atom. The van der Waals surface area contributed by atoms with Crippen molar-refractivity contribution in [3.05, 3.63) is 30.1 Å². The maximum absolute atomic E-state index is 11.5. The summed E-state index contributed by atoms with van der Waals surface area (Å²) in [5, 5.41) is 0. The highest BCUT2D eigenvalue weighted by atomic mass is 16.2. The lowest BCUT2D eigenvalue weighted by Crippen LogP contribution is -2.26. The second kappa shape index (κ2) is 3.57. The first-order chi connectivity index (χ1) is 6.77. The van der Waals surface area contributed by atoms with Crippen molar-refractivity contribution < 1.29 is 4.79 Å². The molecule has 1 aromatic heterocycles. The summed E-state index contributed by atoms with van der Waals surface area (Å²) in [6.45, 7) is 0.485. The van der Waals surface area contributed by atoms with Crippen molar-refractivity contribution in [2.75, 3.05) is 13.7 Å². The molecule has 0 atom stereocenters. The predicted octanol–water partition coefficient (Wildman–Crippen LogP) is 0.495. The fourth-order valence-electron chi connectivity index (χ4n) is 1.37. The van der Waals surface area contributed by atoms with Gasteiger partial charge in [0, 0.05) is 25.9 Å². The molecule has 0 saturated heterocycles. The number of aliphatic imine (C=N–C) groups is 1.